The number of carbonyl (C=O) groups is 2. The first-order chi connectivity index (χ1) is 6.16. The molecule has 0 aromatic heterocycles. The van der Waals surface area contributed by atoms with Crippen LogP contribution in [0.15, 0.2) is 0 Å². The Balaban J connectivity index is 1.86. The molecular weight excluding hydrogens is 166 g/mol. The van der Waals surface area contributed by atoms with Gasteiger partial charge in [0.25, 0.3) is 0 Å². The van der Waals surface area contributed by atoms with E-state index < -0.39 is 0 Å². The molecule has 0 bridgehead atoms. The lowest BCUT2D eigenvalue weighted by Gasteiger charge is -2.19. The highest BCUT2D eigenvalue weighted by atomic mass is 16.2. The van der Waals surface area contributed by atoms with Crippen LogP contribution in [0.1, 0.15) is 26.2 Å². The predicted molar refractivity (Wildman–Crippen MR) is 48.1 cm³/mol. The zero-order chi connectivity index (χ0) is 9.42. The Kier molecular flexibility index (Phi) is 2.10. The second-order valence-electron chi connectivity index (χ2n) is 4.30. The molecule has 0 radical (unpaired) electrons. The van der Waals surface area contributed by atoms with Crippen molar-refractivity contribution < 1.29 is 9.59 Å². The lowest BCUT2D eigenvalue weighted by Crippen LogP contribution is -2.30. The van der Waals surface area contributed by atoms with Gasteiger partial charge < -0.3 is 4.90 Å². The monoisotopic (exact) mass is 181 g/mol. The van der Waals surface area contributed by atoms with Crippen LogP contribution >= 0.6 is 0 Å². The maximum atomic E-state index is 11.3. The Morgan fingerprint density at radius 2 is 2.15 bits per heavy atom. The normalized spacial score (nSPS) is 25.5. The number of carbonyl (C=O) groups excluding carboxylic acids is 2. The third-order valence-corrected chi connectivity index (χ3v) is 3.00. The third kappa shape index (κ3) is 1.90. The van der Waals surface area contributed by atoms with Gasteiger partial charge in [0.05, 0.1) is 13.0 Å². The second kappa shape index (κ2) is 3.13. The summed E-state index contributed by atoms with van der Waals surface area (Å²) in [4.78, 5) is 24.0. The average molecular weight is 181 g/mol. The highest BCUT2D eigenvalue weighted by Gasteiger charge is 2.33. The first-order valence-electron chi connectivity index (χ1n) is 4.96. The van der Waals surface area contributed by atoms with Crippen LogP contribution in [0, 0.1) is 11.8 Å². The minimum absolute atomic E-state index is 0.0255. The van der Waals surface area contributed by atoms with Crippen LogP contribution in [0.2, 0.25) is 0 Å². The molecule has 3 heteroatoms. The summed E-state index contributed by atoms with van der Waals surface area (Å²) < 4.78 is 0. The van der Waals surface area contributed by atoms with E-state index in [2.05, 4.69) is 6.92 Å². The van der Waals surface area contributed by atoms with Crippen molar-refractivity contribution in [2.75, 3.05) is 13.1 Å². The summed E-state index contributed by atoms with van der Waals surface area (Å²) in [5.74, 6) is 1.49. The Morgan fingerprint density at radius 3 is 2.62 bits per heavy atom. The van der Waals surface area contributed by atoms with Crippen molar-refractivity contribution in [3.63, 3.8) is 0 Å². The van der Waals surface area contributed by atoms with Gasteiger partial charge in [0, 0.05) is 6.54 Å². The first-order valence-corrected chi connectivity index (χ1v) is 4.96. The molecule has 1 saturated heterocycles. The molecule has 1 aliphatic heterocycles. The molecule has 0 aromatic rings. The molecule has 0 N–H and O–H groups in total. The van der Waals surface area contributed by atoms with Gasteiger partial charge in [-0.25, -0.2) is 0 Å². The summed E-state index contributed by atoms with van der Waals surface area (Å²) in [5.41, 5.74) is 0. The van der Waals surface area contributed by atoms with Crippen molar-refractivity contribution in [1.29, 1.82) is 0 Å². The van der Waals surface area contributed by atoms with Crippen LogP contribution < -0.4 is 0 Å². The summed E-state index contributed by atoms with van der Waals surface area (Å²) in [6, 6.07) is 0. The lowest BCUT2D eigenvalue weighted by molar-refractivity contribution is -0.128. The van der Waals surface area contributed by atoms with E-state index in [4.69, 9.17) is 0 Å². The Morgan fingerprint density at radius 1 is 1.46 bits per heavy atom. The van der Waals surface area contributed by atoms with Crippen molar-refractivity contribution in [2.24, 2.45) is 11.8 Å². The third-order valence-electron chi connectivity index (χ3n) is 3.00. The van der Waals surface area contributed by atoms with Gasteiger partial charge in [0.2, 0.25) is 5.91 Å². The van der Waals surface area contributed by atoms with E-state index >= 15 is 0 Å². The fourth-order valence-electron chi connectivity index (χ4n) is 1.97. The van der Waals surface area contributed by atoms with E-state index in [1.54, 1.807) is 4.90 Å². The predicted octanol–water partition coefficient (Wildman–Crippen LogP) is 0.834. The molecule has 1 aliphatic carbocycles. The molecule has 1 heterocycles. The van der Waals surface area contributed by atoms with Crippen molar-refractivity contribution in [1.82, 2.24) is 4.90 Å². The minimum Gasteiger partial charge on any atom is -0.335 e. The molecule has 1 saturated carbocycles. The van der Waals surface area contributed by atoms with Gasteiger partial charge >= 0.3 is 0 Å². The average Bonchev–Trinajstić information content (AvgIpc) is 2.81. The first kappa shape index (κ1) is 8.73. The topological polar surface area (TPSA) is 37.4 Å². The molecule has 1 amide bonds. The molecule has 0 spiro atoms. The van der Waals surface area contributed by atoms with Crippen LogP contribution in [-0.2, 0) is 9.59 Å². The quantitative estimate of drug-likeness (QED) is 0.605. The van der Waals surface area contributed by atoms with Crippen molar-refractivity contribution in [3.05, 3.63) is 0 Å². The van der Waals surface area contributed by atoms with Crippen LogP contribution in [0.25, 0.3) is 0 Å². The van der Waals surface area contributed by atoms with E-state index in [9.17, 15) is 9.59 Å². The highest BCUT2D eigenvalue weighted by molar-refractivity contribution is 6.05. The molecule has 1 atom stereocenters. The number of ketones is 1. The molecule has 1 unspecified atom stereocenters. The molecule has 2 fully saturated rings. The summed E-state index contributed by atoms with van der Waals surface area (Å²) >= 11 is 0. The Hall–Kier alpha value is -0.860. The fourth-order valence-corrected chi connectivity index (χ4v) is 1.97. The zero-order valence-electron chi connectivity index (χ0n) is 7.95. The summed E-state index contributed by atoms with van der Waals surface area (Å²) in [6.45, 7) is 3.32. The number of amides is 1. The fraction of sp³-hybridized carbons (Fsp3) is 0.800. The molecule has 0 aromatic carbocycles. The standard InChI is InChI=1S/C10H15NO2/c1-7(8-2-3-8)5-11-6-9(12)4-10(11)13/h7-8H,2-6H2,1H3. The lowest BCUT2D eigenvalue weighted by atomic mass is 10.1. The van der Waals surface area contributed by atoms with Gasteiger partial charge in [-0.3, -0.25) is 9.59 Å². The van der Waals surface area contributed by atoms with E-state index in [1.165, 1.54) is 12.8 Å². The van der Waals surface area contributed by atoms with Crippen LogP contribution in [0.3, 0.4) is 0 Å². The summed E-state index contributed by atoms with van der Waals surface area (Å²) in [5, 5.41) is 0. The zero-order valence-corrected chi connectivity index (χ0v) is 7.95. The molecule has 2 aliphatic rings. The van der Waals surface area contributed by atoms with Gasteiger partial charge in [0.1, 0.15) is 0 Å². The molecule has 72 valence electrons. The van der Waals surface area contributed by atoms with E-state index in [0.717, 1.165) is 12.5 Å². The van der Waals surface area contributed by atoms with Gasteiger partial charge in [0.15, 0.2) is 5.78 Å². The number of nitrogens with zero attached hydrogens (tertiary/aromatic N) is 1. The van der Waals surface area contributed by atoms with Crippen LogP contribution in [0.5, 0.6) is 0 Å². The van der Waals surface area contributed by atoms with Crippen molar-refractivity contribution in [2.45, 2.75) is 26.2 Å². The van der Waals surface area contributed by atoms with E-state index in [-0.39, 0.29) is 18.1 Å². The van der Waals surface area contributed by atoms with Crippen LogP contribution in [0.4, 0.5) is 0 Å². The van der Waals surface area contributed by atoms with Crippen LogP contribution in [-0.4, -0.2) is 29.7 Å². The Labute approximate surface area is 78.1 Å². The number of hydrogen-bond donors (Lipinski definition) is 0. The number of rotatable bonds is 3. The Bertz CT molecular complexity index is 245. The highest BCUT2D eigenvalue weighted by Crippen LogP contribution is 2.37. The molecular formula is C10H15NO2. The molecule has 3 nitrogen and oxygen atoms in total. The number of Topliss-reactive ketones (excluding diaryl/α,β-unsaturated/α-hetero) is 1. The van der Waals surface area contributed by atoms with Gasteiger partial charge in [-0.2, -0.15) is 0 Å². The maximum Gasteiger partial charge on any atom is 0.230 e. The van der Waals surface area contributed by atoms with Gasteiger partial charge in [-0.15, -0.1) is 0 Å². The second-order valence-corrected chi connectivity index (χ2v) is 4.30. The largest absolute Gasteiger partial charge is 0.335 e. The number of likely N-dealkylation sites (tertiary alicyclic amines) is 1. The van der Waals surface area contributed by atoms with Gasteiger partial charge in [-0.1, -0.05) is 6.92 Å². The summed E-state index contributed by atoms with van der Waals surface area (Å²) in [6.07, 6.45) is 2.74. The SMILES string of the molecule is CC(CN1CC(=O)CC1=O)C1CC1. The van der Waals surface area contributed by atoms with Gasteiger partial charge in [-0.05, 0) is 24.7 Å². The minimum atomic E-state index is 0.0255. The summed E-state index contributed by atoms with van der Waals surface area (Å²) in [7, 11) is 0. The van der Waals surface area contributed by atoms with E-state index in [1.807, 2.05) is 0 Å². The maximum absolute atomic E-state index is 11.3. The smallest absolute Gasteiger partial charge is 0.230 e. The van der Waals surface area contributed by atoms with E-state index in [0.29, 0.717) is 12.5 Å². The molecule has 13 heavy (non-hydrogen) atoms. The van der Waals surface area contributed by atoms with Crippen molar-refractivity contribution in [3.8, 4) is 0 Å². The molecule has 2 rings (SSSR count). The van der Waals surface area contributed by atoms with Crippen molar-refractivity contribution >= 4 is 11.7 Å². The number of hydrogen-bond acceptors (Lipinski definition) is 2.